The van der Waals surface area contributed by atoms with Crippen LogP contribution >= 0.6 is 0 Å². The van der Waals surface area contributed by atoms with E-state index in [9.17, 15) is 0 Å². The van der Waals surface area contributed by atoms with E-state index < -0.39 is 0 Å². The highest BCUT2D eigenvalue weighted by molar-refractivity contribution is 5.79. The minimum Gasteiger partial charge on any atom is -0.444 e. The molecule has 5 nitrogen and oxygen atoms in total. The quantitative estimate of drug-likeness (QED) is 0.575. The number of hydrogen-bond donors (Lipinski definition) is 1. The Kier molecular flexibility index (Phi) is 4.37. The Hall–Kier alpha value is -3.21. The molecule has 0 saturated heterocycles. The number of anilines is 1. The Bertz CT molecular complexity index is 747. The Morgan fingerprint density at radius 3 is 2.45 bits per heavy atom. The van der Waals surface area contributed by atoms with Crippen molar-refractivity contribution in [3.8, 4) is 0 Å². The maximum absolute atomic E-state index is 5.14. The number of oxazole rings is 1. The van der Waals surface area contributed by atoms with Crippen molar-refractivity contribution in [2.45, 2.75) is 0 Å². The van der Waals surface area contributed by atoms with Gasteiger partial charge >= 0.3 is 0 Å². The molecule has 2 heterocycles. The van der Waals surface area contributed by atoms with Crippen LogP contribution in [-0.4, -0.2) is 16.2 Å². The fourth-order valence-electron chi connectivity index (χ4n) is 1.79. The van der Waals surface area contributed by atoms with E-state index in [1.165, 1.54) is 6.39 Å². The topological polar surface area (TPSA) is 63.3 Å². The standard InChI is InChI=1S/C17H14N4O/c1-4-16(21-20-11-15-7-9-18-10-8-15)5-2-14(1)3-6-17-12-19-13-22-17/h1-13,21H/b6-3+,20-11+. The highest BCUT2D eigenvalue weighted by Crippen LogP contribution is 2.12. The van der Waals surface area contributed by atoms with Gasteiger partial charge in [-0.05, 0) is 41.5 Å². The van der Waals surface area contributed by atoms with Crippen LogP contribution in [0.3, 0.4) is 0 Å². The Morgan fingerprint density at radius 2 is 1.73 bits per heavy atom. The summed E-state index contributed by atoms with van der Waals surface area (Å²) in [6.45, 7) is 0. The molecule has 0 aliphatic heterocycles. The van der Waals surface area contributed by atoms with Gasteiger partial charge in [-0.15, -0.1) is 0 Å². The van der Waals surface area contributed by atoms with Crippen molar-refractivity contribution in [1.82, 2.24) is 9.97 Å². The van der Waals surface area contributed by atoms with Crippen molar-refractivity contribution in [1.29, 1.82) is 0 Å². The lowest BCUT2D eigenvalue weighted by molar-refractivity contribution is 0.548. The van der Waals surface area contributed by atoms with E-state index in [1.807, 2.05) is 48.6 Å². The number of rotatable bonds is 5. The van der Waals surface area contributed by atoms with Crippen LogP contribution in [0.4, 0.5) is 5.69 Å². The fraction of sp³-hybridized carbons (Fsp3) is 0. The van der Waals surface area contributed by atoms with Crippen molar-refractivity contribution < 1.29 is 4.42 Å². The maximum Gasteiger partial charge on any atom is 0.181 e. The van der Waals surface area contributed by atoms with E-state index in [1.54, 1.807) is 24.8 Å². The van der Waals surface area contributed by atoms with Crippen LogP contribution in [-0.2, 0) is 0 Å². The molecule has 0 radical (unpaired) electrons. The van der Waals surface area contributed by atoms with Gasteiger partial charge in [0, 0.05) is 12.4 Å². The number of hydrogen-bond acceptors (Lipinski definition) is 5. The van der Waals surface area contributed by atoms with Gasteiger partial charge in [0.2, 0.25) is 0 Å². The lowest BCUT2D eigenvalue weighted by atomic mass is 10.2. The minimum atomic E-state index is 0.726. The van der Waals surface area contributed by atoms with E-state index in [-0.39, 0.29) is 0 Å². The molecule has 0 saturated carbocycles. The zero-order chi connectivity index (χ0) is 15.0. The molecular formula is C17H14N4O. The lowest BCUT2D eigenvalue weighted by Gasteiger charge is -2.00. The van der Waals surface area contributed by atoms with E-state index in [0.717, 1.165) is 22.6 Å². The fourth-order valence-corrected chi connectivity index (χ4v) is 1.79. The summed E-state index contributed by atoms with van der Waals surface area (Å²) in [4.78, 5) is 7.82. The van der Waals surface area contributed by atoms with Gasteiger partial charge in [-0.3, -0.25) is 10.4 Å². The number of nitrogens with zero attached hydrogens (tertiary/aromatic N) is 3. The summed E-state index contributed by atoms with van der Waals surface area (Å²) in [5, 5.41) is 4.18. The molecule has 5 heteroatoms. The van der Waals surface area contributed by atoms with Gasteiger partial charge in [-0.25, -0.2) is 4.98 Å². The van der Waals surface area contributed by atoms with Crippen molar-refractivity contribution in [3.05, 3.63) is 78.3 Å². The average Bonchev–Trinajstić information content (AvgIpc) is 3.09. The summed E-state index contributed by atoms with van der Waals surface area (Å²) in [5.41, 5.74) is 5.97. The van der Waals surface area contributed by atoms with Crippen molar-refractivity contribution in [2.24, 2.45) is 5.10 Å². The molecule has 0 aliphatic rings. The SMILES string of the molecule is C(=C\c1cnco1)/c1ccc(N/N=C/c2ccncc2)cc1. The van der Waals surface area contributed by atoms with Crippen LogP contribution in [0.5, 0.6) is 0 Å². The molecule has 3 aromatic rings. The first kappa shape index (κ1) is 13.8. The van der Waals surface area contributed by atoms with Crippen molar-refractivity contribution >= 4 is 24.1 Å². The molecule has 0 bridgehead atoms. The predicted octanol–water partition coefficient (Wildman–Crippen LogP) is 3.69. The van der Waals surface area contributed by atoms with Gasteiger partial charge in [0.05, 0.1) is 18.1 Å². The minimum absolute atomic E-state index is 0.726. The normalized spacial score (nSPS) is 11.3. The van der Waals surface area contributed by atoms with Crippen LogP contribution in [0.15, 0.2) is 70.9 Å². The summed E-state index contributed by atoms with van der Waals surface area (Å²) in [6, 6.07) is 11.7. The maximum atomic E-state index is 5.14. The molecule has 1 aromatic carbocycles. The largest absolute Gasteiger partial charge is 0.444 e. The average molecular weight is 290 g/mol. The molecule has 0 aliphatic carbocycles. The highest BCUT2D eigenvalue weighted by atomic mass is 16.3. The third-order valence-corrected chi connectivity index (χ3v) is 2.92. The second-order valence-electron chi connectivity index (χ2n) is 4.51. The Labute approximate surface area is 128 Å². The second-order valence-corrected chi connectivity index (χ2v) is 4.51. The Balaban J connectivity index is 1.58. The Morgan fingerprint density at radius 1 is 0.909 bits per heavy atom. The number of nitrogens with one attached hydrogen (secondary N) is 1. The van der Waals surface area contributed by atoms with Crippen LogP contribution in [0.2, 0.25) is 0 Å². The van der Waals surface area contributed by atoms with Crippen LogP contribution in [0.1, 0.15) is 16.9 Å². The summed E-state index contributed by atoms with van der Waals surface area (Å²) in [6.07, 6.45) is 12.1. The molecule has 1 N–H and O–H groups in total. The number of hydrazone groups is 1. The molecule has 0 unspecified atom stereocenters. The van der Waals surface area contributed by atoms with E-state index in [0.29, 0.717) is 0 Å². The van der Waals surface area contributed by atoms with Gasteiger partial charge in [-0.1, -0.05) is 18.2 Å². The molecule has 0 fully saturated rings. The van der Waals surface area contributed by atoms with Gasteiger partial charge < -0.3 is 4.42 Å². The first-order valence-corrected chi connectivity index (χ1v) is 6.76. The first-order valence-electron chi connectivity index (χ1n) is 6.76. The third-order valence-electron chi connectivity index (χ3n) is 2.92. The van der Waals surface area contributed by atoms with E-state index >= 15 is 0 Å². The summed E-state index contributed by atoms with van der Waals surface area (Å²) >= 11 is 0. The van der Waals surface area contributed by atoms with Gasteiger partial charge in [0.1, 0.15) is 5.76 Å². The summed E-state index contributed by atoms with van der Waals surface area (Å²) in [5.74, 6) is 0.726. The van der Waals surface area contributed by atoms with Crippen LogP contribution < -0.4 is 5.43 Å². The second kappa shape index (κ2) is 6.99. The summed E-state index contributed by atoms with van der Waals surface area (Å²) < 4.78 is 5.14. The monoisotopic (exact) mass is 290 g/mol. The molecule has 2 aromatic heterocycles. The molecule has 3 rings (SSSR count). The van der Waals surface area contributed by atoms with Crippen molar-refractivity contribution in [2.75, 3.05) is 5.43 Å². The molecule has 108 valence electrons. The molecular weight excluding hydrogens is 276 g/mol. The predicted molar refractivity (Wildman–Crippen MR) is 87.3 cm³/mol. The van der Waals surface area contributed by atoms with Crippen molar-refractivity contribution in [3.63, 3.8) is 0 Å². The lowest BCUT2D eigenvalue weighted by Crippen LogP contribution is -1.90. The highest BCUT2D eigenvalue weighted by Gasteiger charge is 1.92. The van der Waals surface area contributed by atoms with Gasteiger partial charge in [0.25, 0.3) is 0 Å². The third kappa shape index (κ3) is 3.89. The number of pyridine rings is 1. The first-order chi connectivity index (χ1) is 10.9. The molecule has 0 atom stereocenters. The van der Waals surface area contributed by atoms with Gasteiger partial charge in [0.15, 0.2) is 6.39 Å². The van der Waals surface area contributed by atoms with Crippen LogP contribution in [0, 0.1) is 0 Å². The summed E-state index contributed by atoms with van der Waals surface area (Å²) in [7, 11) is 0. The zero-order valence-electron chi connectivity index (χ0n) is 11.8. The molecule has 0 spiro atoms. The zero-order valence-corrected chi connectivity index (χ0v) is 11.8. The van der Waals surface area contributed by atoms with Crippen LogP contribution in [0.25, 0.3) is 12.2 Å². The smallest absolute Gasteiger partial charge is 0.181 e. The molecule has 22 heavy (non-hydrogen) atoms. The molecule has 0 amide bonds. The van der Waals surface area contributed by atoms with E-state index in [2.05, 4.69) is 20.5 Å². The number of benzene rings is 1. The van der Waals surface area contributed by atoms with E-state index in [4.69, 9.17) is 4.42 Å². The van der Waals surface area contributed by atoms with Gasteiger partial charge in [-0.2, -0.15) is 5.10 Å². The number of aromatic nitrogens is 2.